The third-order valence-electron chi connectivity index (χ3n) is 6.03. The smallest absolute Gasteiger partial charge is 0.101 e. The minimum atomic E-state index is -0.291. The molecule has 128 valence electrons. The molecular formula is C20H25NO2S. The van der Waals surface area contributed by atoms with Crippen LogP contribution in [0.1, 0.15) is 25.0 Å². The van der Waals surface area contributed by atoms with Crippen LogP contribution in [-0.4, -0.2) is 53.8 Å². The third kappa shape index (κ3) is 2.10. The van der Waals surface area contributed by atoms with E-state index < -0.39 is 0 Å². The van der Waals surface area contributed by atoms with E-state index in [9.17, 15) is 0 Å². The Balaban J connectivity index is 1.83. The molecule has 3 heterocycles. The summed E-state index contributed by atoms with van der Waals surface area (Å²) in [7, 11) is 0. The first-order valence-corrected chi connectivity index (χ1v) is 9.17. The number of nitrogens with zero attached hydrogens (tertiary/aromatic N) is 1. The molecule has 1 aromatic rings. The molecule has 0 saturated carbocycles. The van der Waals surface area contributed by atoms with Crippen molar-refractivity contribution in [2.45, 2.75) is 38.5 Å². The molecule has 3 aliphatic rings. The number of ether oxygens (including phenoxy) is 2. The average Bonchev–Trinajstić information content (AvgIpc) is 3.15. The van der Waals surface area contributed by atoms with Gasteiger partial charge in [0.1, 0.15) is 6.10 Å². The van der Waals surface area contributed by atoms with Gasteiger partial charge in [0.25, 0.3) is 0 Å². The van der Waals surface area contributed by atoms with Crippen molar-refractivity contribution >= 4 is 17.1 Å². The molecule has 4 rings (SSSR count). The van der Waals surface area contributed by atoms with Gasteiger partial charge in [-0.05, 0) is 12.5 Å². The SMILES string of the molecule is Cc1ccc(C(=S)C2(N3CCOCC3)C3C=CC(O3)C2(C)C)cc1. The molecule has 3 aliphatic heterocycles. The number of hydrogen-bond donors (Lipinski definition) is 0. The number of thiocarbonyl (C=S) groups is 1. The highest BCUT2D eigenvalue weighted by molar-refractivity contribution is 7.81. The Morgan fingerprint density at radius 3 is 2.29 bits per heavy atom. The van der Waals surface area contributed by atoms with E-state index in [2.05, 4.69) is 62.1 Å². The van der Waals surface area contributed by atoms with E-state index in [1.54, 1.807) is 0 Å². The second kappa shape index (κ2) is 5.73. The molecule has 2 fully saturated rings. The Morgan fingerprint density at radius 2 is 1.71 bits per heavy atom. The topological polar surface area (TPSA) is 21.7 Å². The lowest BCUT2D eigenvalue weighted by Gasteiger charge is -2.53. The number of benzene rings is 1. The van der Waals surface area contributed by atoms with Crippen LogP contribution in [0.4, 0.5) is 0 Å². The quantitative estimate of drug-likeness (QED) is 0.477. The van der Waals surface area contributed by atoms with E-state index in [-0.39, 0.29) is 23.2 Å². The molecule has 2 bridgehead atoms. The number of rotatable bonds is 3. The van der Waals surface area contributed by atoms with Crippen LogP contribution in [0, 0.1) is 12.3 Å². The Hall–Kier alpha value is -1.07. The summed E-state index contributed by atoms with van der Waals surface area (Å²) in [6.07, 6.45) is 4.56. The average molecular weight is 343 g/mol. The van der Waals surface area contributed by atoms with Crippen molar-refractivity contribution in [3.8, 4) is 0 Å². The predicted molar refractivity (Wildman–Crippen MR) is 99.6 cm³/mol. The first-order chi connectivity index (χ1) is 11.5. The molecule has 2 saturated heterocycles. The molecule has 3 nitrogen and oxygen atoms in total. The fourth-order valence-electron chi connectivity index (χ4n) is 4.68. The van der Waals surface area contributed by atoms with Crippen LogP contribution in [0.25, 0.3) is 0 Å². The lowest BCUT2D eigenvalue weighted by Crippen LogP contribution is -2.69. The summed E-state index contributed by atoms with van der Waals surface area (Å²) in [4.78, 5) is 3.53. The Morgan fingerprint density at radius 1 is 1.08 bits per heavy atom. The van der Waals surface area contributed by atoms with Crippen LogP contribution in [-0.2, 0) is 9.47 Å². The summed E-state index contributed by atoms with van der Waals surface area (Å²) >= 11 is 6.13. The molecule has 0 spiro atoms. The van der Waals surface area contributed by atoms with E-state index in [1.165, 1.54) is 5.56 Å². The second-order valence-corrected chi connectivity index (χ2v) is 8.05. The van der Waals surface area contributed by atoms with Crippen LogP contribution in [0.3, 0.4) is 0 Å². The summed E-state index contributed by atoms with van der Waals surface area (Å²) < 4.78 is 12.0. The minimum Gasteiger partial charge on any atom is -0.379 e. The van der Waals surface area contributed by atoms with Crippen LogP contribution in [0.5, 0.6) is 0 Å². The van der Waals surface area contributed by atoms with Gasteiger partial charge in [0, 0.05) is 23.4 Å². The summed E-state index contributed by atoms with van der Waals surface area (Å²) in [5, 5.41) is 0. The van der Waals surface area contributed by atoms with Crippen LogP contribution < -0.4 is 0 Å². The number of hydrogen-bond acceptors (Lipinski definition) is 4. The van der Waals surface area contributed by atoms with Crippen molar-refractivity contribution < 1.29 is 9.47 Å². The highest BCUT2D eigenvalue weighted by atomic mass is 32.1. The Kier molecular flexibility index (Phi) is 3.92. The van der Waals surface area contributed by atoms with Gasteiger partial charge < -0.3 is 9.47 Å². The largest absolute Gasteiger partial charge is 0.379 e. The van der Waals surface area contributed by atoms with Gasteiger partial charge in [-0.15, -0.1) is 0 Å². The van der Waals surface area contributed by atoms with Gasteiger partial charge in [0.2, 0.25) is 0 Å². The maximum Gasteiger partial charge on any atom is 0.101 e. The predicted octanol–water partition coefficient (Wildman–Crippen LogP) is 3.15. The normalized spacial score (nSPS) is 34.6. The summed E-state index contributed by atoms with van der Waals surface area (Å²) in [5.41, 5.74) is 2.03. The van der Waals surface area contributed by atoms with E-state index in [0.717, 1.165) is 36.7 Å². The molecule has 24 heavy (non-hydrogen) atoms. The van der Waals surface area contributed by atoms with E-state index in [0.29, 0.717) is 0 Å². The molecule has 0 aliphatic carbocycles. The molecule has 1 aromatic carbocycles. The van der Waals surface area contributed by atoms with Crippen LogP contribution in [0.2, 0.25) is 0 Å². The lowest BCUT2D eigenvalue weighted by atomic mass is 9.61. The van der Waals surface area contributed by atoms with E-state index >= 15 is 0 Å². The summed E-state index contributed by atoms with van der Waals surface area (Å²) in [6, 6.07) is 8.61. The molecule has 0 amide bonds. The number of aryl methyl sites for hydroxylation is 1. The standard InChI is InChI=1S/C20H25NO2S/c1-14-4-6-15(7-5-14)18(24)20(21-10-12-22-13-11-21)17-9-8-16(23-17)19(20,2)3/h4-9,16-17H,10-13H2,1-3H3. The Labute approximate surface area is 149 Å². The number of fused-ring (bicyclic) bond motifs is 2. The second-order valence-electron chi connectivity index (χ2n) is 7.64. The molecule has 0 aromatic heterocycles. The van der Waals surface area contributed by atoms with Gasteiger partial charge >= 0.3 is 0 Å². The highest BCUT2D eigenvalue weighted by Gasteiger charge is 2.67. The maximum absolute atomic E-state index is 6.34. The van der Waals surface area contributed by atoms with Crippen molar-refractivity contribution in [3.05, 3.63) is 47.5 Å². The molecule has 3 atom stereocenters. The van der Waals surface area contributed by atoms with Crippen molar-refractivity contribution in [2.75, 3.05) is 26.3 Å². The van der Waals surface area contributed by atoms with Gasteiger partial charge in [-0.3, -0.25) is 4.90 Å². The molecule has 3 unspecified atom stereocenters. The number of morpholine rings is 1. The van der Waals surface area contributed by atoms with Crippen molar-refractivity contribution in [3.63, 3.8) is 0 Å². The van der Waals surface area contributed by atoms with E-state index in [4.69, 9.17) is 21.7 Å². The maximum atomic E-state index is 6.34. The zero-order valence-electron chi connectivity index (χ0n) is 14.6. The monoisotopic (exact) mass is 343 g/mol. The van der Waals surface area contributed by atoms with Crippen LogP contribution in [0.15, 0.2) is 36.4 Å². The van der Waals surface area contributed by atoms with Crippen molar-refractivity contribution in [1.82, 2.24) is 4.90 Å². The lowest BCUT2D eigenvalue weighted by molar-refractivity contribution is -0.0346. The van der Waals surface area contributed by atoms with Gasteiger partial charge in [0.15, 0.2) is 0 Å². The fraction of sp³-hybridized carbons (Fsp3) is 0.550. The van der Waals surface area contributed by atoms with E-state index in [1.807, 2.05) is 0 Å². The zero-order chi connectivity index (χ0) is 16.9. The molecule has 0 radical (unpaired) electrons. The van der Waals surface area contributed by atoms with Gasteiger partial charge in [0.05, 0.1) is 24.9 Å². The fourth-order valence-corrected chi connectivity index (χ4v) is 5.32. The molecule has 4 heteroatoms. The highest BCUT2D eigenvalue weighted by Crippen LogP contribution is 2.55. The van der Waals surface area contributed by atoms with Crippen molar-refractivity contribution in [2.24, 2.45) is 5.41 Å². The summed E-state index contributed by atoms with van der Waals surface area (Å²) in [6.45, 7) is 10.0. The van der Waals surface area contributed by atoms with Gasteiger partial charge in [-0.1, -0.05) is 68.0 Å². The third-order valence-corrected chi connectivity index (χ3v) is 6.58. The van der Waals surface area contributed by atoms with Crippen LogP contribution >= 0.6 is 12.2 Å². The summed E-state index contributed by atoms with van der Waals surface area (Å²) in [5.74, 6) is 0. The first kappa shape index (κ1) is 16.4. The zero-order valence-corrected chi connectivity index (χ0v) is 15.4. The van der Waals surface area contributed by atoms with Crippen molar-refractivity contribution in [1.29, 1.82) is 0 Å². The first-order valence-electron chi connectivity index (χ1n) is 8.76. The minimum absolute atomic E-state index is 0.0180. The molecular weight excluding hydrogens is 318 g/mol. The molecule has 0 N–H and O–H groups in total. The Bertz CT molecular complexity index is 675. The van der Waals surface area contributed by atoms with Gasteiger partial charge in [-0.25, -0.2) is 0 Å². The van der Waals surface area contributed by atoms with Gasteiger partial charge in [-0.2, -0.15) is 0 Å².